The first-order chi connectivity index (χ1) is 14.6. The van der Waals surface area contributed by atoms with E-state index in [1.807, 2.05) is 13.0 Å². The Bertz CT molecular complexity index is 994. The summed E-state index contributed by atoms with van der Waals surface area (Å²) >= 11 is 0. The lowest BCUT2D eigenvalue weighted by atomic mass is 9.91. The third kappa shape index (κ3) is 4.07. The third-order valence-electron chi connectivity index (χ3n) is 6.57. The van der Waals surface area contributed by atoms with E-state index >= 15 is 0 Å². The fourth-order valence-corrected chi connectivity index (χ4v) is 4.25. The summed E-state index contributed by atoms with van der Waals surface area (Å²) in [6.07, 6.45) is 7.87. The molecular formula is C27H32N2O. The molecule has 0 radical (unpaired) electrons. The number of hydrogen-bond donors (Lipinski definition) is 1. The van der Waals surface area contributed by atoms with Crippen LogP contribution >= 0.6 is 0 Å². The lowest BCUT2D eigenvalue weighted by molar-refractivity contribution is 0.427. The zero-order chi connectivity index (χ0) is 21.1. The summed E-state index contributed by atoms with van der Waals surface area (Å²) < 4.78 is 5.67. The molecule has 0 saturated heterocycles. The number of aromatic nitrogens is 1. The Kier molecular flexibility index (Phi) is 5.80. The molecule has 30 heavy (non-hydrogen) atoms. The van der Waals surface area contributed by atoms with Crippen LogP contribution in [0.4, 0.5) is 5.69 Å². The number of hydrogen-bond acceptors (Lipinski definition) is 3. The molecule has 1 heterocycles. The molecule has 1 aliphatic carbocycles. The van der Waals surface area contributed by atoms with Crippen molar-refractivity contribution in [2.75, 3.05) is 5.32 Å². The van der Waals surface area contributed by atoms with Crippen LogP contribution in [0.5, 0.6) is 0 Å². The summed E-state index contributed by atoms with van der Waals surface area (Å²) in [6, 6.07) is 18.0. The summed E-state index contributed by atoms with van der Waals surface area (Å²) in [4.78, 5) is 0. The van der Waals surface area contributed by atoms with Crippen molar-refractivity contribution < 1.29 is 4.52 Å². The van der Waals surface area contributed by atoms with Crippen molar-refractivity contribution in [3.05, 3.63) is 72.4 Å². The Morgan fingerprint density at radius 1 is 1.07 bits per heavy atom. The van der Waals surface area contributed by atoms with Gasteiger partial charge in [-0.1, -0.05) is 66.7 Å². The van der Waals surface area contributed by atoms with Crippen LogP contribution in [0.25, 0.3) is 22.5 Å². The first-order valence-electron chi connectivity index (χ1n) is 11.1. The van der Waals surface area contributed by atoms with Gasteiger partial charge in [-0.05, 0) is 68.1 Å². The Balaban J connectivity index is 1.52. The van der Waals surface area contributed by atoms with Crippen molar-refractivity contribution in [2.45, 2.75) is 64.3 Å². The highest BCUT2D eigenvalue weighted by atomic mass is 16.5. The molecule has 1 atom stereocenters. The Labute approximate surface area is 180 Å². The average Bonchev–Trinajstić information content (AvgIpc) is 3.51. The van der Waals surface area contributed by atoms with E-state index in [4.69, 9.17) is 4.52 Å². The number of rotatable bonds is 9. The molecule has 1 fully saturated rings. The van der Waals surface area contributed by atoms with Crippen LogP contribution in [0.15, 0.2) is 65.7 Å². The van der Waals surface area contributed by atoms with Gasteiger partial charge >= 0.3 is 0 Å². The predicted molar refractivity (Wildman–Crippen MR) is 126 cm³/mol. The molecule has 1 N–H and O–H groups in total. The van der Waals surface area contributed by atoms with Crippen LogP contribution in [0, 0.1) is 6.92 Å². The number of aryl methyl sites for hydroxylation is 1. The van der Waals surface area contributed by atoms with Gasteiger partial charge in [0.05, 0.1) is 0 Å². The molecule has 4 rings (SSSR count). The number of allylic oxidation sites excluding steroid dienone is 1. The zero-order valence-electron chi connectivity index (χ0n) is 18.4. The minimum atomic E-state index is 0.329. The summed E-state index contributed by atoms with van der Waals surface area (Å²) in [6.45, 7) is 10.3. The van der Waals surface area contributed by atoms with Crippen LogP contribution in [0.1, 0.15) is 57.2 Å². The van der Waals surface area contributed by atoms with Crippen molar-refractivity contribution in [3.8, 4) is 22.5 Å². The van der Waals surface area contributed by atoms with Gasteiger partial charge < -0.3 is 9.84 Å². The van der Waals surface area contributed by atoms with Gasteiger partial charge in [-0.3, -0.25) is 0 Å². The van der Waals surface area contributed by atoms with E-state index < -0.39 is 0 Å². The van der Waals surface area contributed by atoms with E-state index in [1.165, 1.54) is 36.0 Å². The van der Waals surface area contributed by atoms with Gasteiger partial charge in [-0.25, -0.2) is 0 Å². The minimum absolute atomic E-state index is 0.329. The van der Waals surface area contributed by atoms with Gasteiger partial charge in [0.1, 0.15) is 11.4 Å². The summed E-state index contributed by atoms with van der Waals surface area (Å²) in [5.41, 5.74) is 7.33. The fraction of sp³-hybridized carbons (Fsp3) is 0.370. The van der Waals surface area contributed by atoms with E-state index in [2.05, 4.69) is 79.4 Å². The van der Waals surface area contributed by atoms with Crippen LogP contribution in [0.3, 0.4) is 0 Å². The quantitative estimate of drug-likeness (QED) is 0.377. The van der Waals surface area contributed by atoms with E-state index in [0.717, 1.165) is 35.5 Å². The zero-order valence-corrected chi connectivity index (χ0v) is 18.4. The van der Waals surface area contributed by atoms with E-state index in [-0.39, 0.29) is 0 Å². The van der Waals surface area contributed by atoms with Crippen LogP contribution in [0.2, 0.25) is 0 Å². The van der Waals surface area contributed by atoms with Crippen molar-refractivity contribution in [1.29, 1.82) is 0 Å². The number of nitrogens with zero attached hydrogens (tertiary/aromatic N) is 1. The normalized spacial score (nSPS) is 15.6. The SMILES string of the molecule is C=CCCC(C)Nc1c(C)noc1-c1ccc(-c2ccc(C3(CC)CC3)cc2)cc1. The molecule has 2 aromatic carbocycles. The van der Waals surface area contributed by atoms with E-state index in [0.29, 0.717) is 11.5 Å². The van der Waals surface area contributed by atoms with Crippen LogP contribution < -0.4 is 5.32 Å². The largest absolute Gasteiger partial charge is 0.378 e. The third-order valence-corrected chi connectivity index (χ3v) is 6.57. The average molecular weight is 401 g/mol. The number of nitrogens with one attached hydrogen (secondary N) is 1. The van der Waals surface area contributed by atoms with Gasteiger partial charge in [0.25, 0.3) is 0 Å². The summed E-state index contributed by atoms with van der Waals surface area (Å²) in [7, 11) is 0. The predicted octanol–water partition coefficient (Wildman–Crippen LogP) is 7.53. The lowest BCUT2D eigenvalue weighted by Gasteiger charge is -2.15. The second kappa shape index (κ2) is 8.51. The molecule has 0 amide bonds. The highest BCUT2D eigenvalue weighted by Gasteiger charge is 2.41. The highest BCUT2D eigenvalue weighted by Crippen LogP contribution is 2.51. The second-order valence-corrected chi connectivity index (χ2v) is 8.67. The highest BCUT2D eigenvalue weighted by molar-refractivity contribution is 5.76. The molecule has 3 nitrogen and oxygen atoms in total. The molecule has 3 aromatic rings. The molecule has 3 heteroatoms. The van der Waals surface area contributed by atoms with Crippen LogP contribution in [-0.2, 0) is 5.41 Å². The molecule has 0 aliphatic heterocycles. The first kappa shape index (κ1) is 20.5. The maximum Gasteiger partial charge on any atom is 0.190 e. The molecule has 156 valence electrons. The number of benzene rings is 2. The molecular weight excluding hydrogens is 368 g/mol. The van der Waals surface area contributed by atoms with Gasteiger partial charge in [-0.15, -0.1) is 6.58 Å². The maximum absolute atomic E-state index is 5.67. The molecule has 1 saturated carbocycles. The molecule has 1 unspecified atom stereocenters. The van der Waals surface area contributed by atoms with E-state index in [1.54, 1.807) is 0 Å². The molecule has 0 bridgehead atoms. The summed E-state index contributed by atoms with van der Waals surface area (Å²) in [5, 5.41) is 7.76. The lowest BCUT2D eigenvalue weighted by Crippen LogP contribution is -2.15. The second-order valence-electron chi connectivity index (χ2n) is 8.67. The Hall–Kier alpha value is -2.81. The van der Waals surface area contributed by atoms with Crippen molar-refractivity contribution >= 4 is 5.69 Å². The fourth-order valence-electron chi connectivity index (χ4n) is 4.25. The van der Waals surface area contributed by atoms with Crippen LogP contribution in [-0.4, -0.2) is 11.2 Å². The molecule has 0 spiro atoms. The van der Waals surface area contributed by atoms with E-state index in [9.17, 15) is 0 Å². The van der Waals surface area contributed by atoms with Crippen molar-refractivity contribution in [2.24, 2.45) is 0 Å². The topological polar surface area (TPSA) is 38.1 Å². The summed E-state index contributed by atoms with van der Waals surface area (Å²) in [5.74, 6) is 0.804. The van der Waals surface area contributed by atoms with Gasteiger partial charge in [0.15, 0.2) is 5.76 Å². The van der Waals surface area contributed by atoms with Gasteiger partial charge in [0.2, 0.25) is 0 Å². The minimum Gasteiger partial charge on any atom is -0.378 e. The van der Waals surface area contributed by atoms with Gasteiger partial charge in [0, 0.05) is 11.6 Å². The molecule has 1 aliphatic rings. The van der Waals surface area contributed by atoms with Gasteiger partial charge in [-0.2, -0.15) is 0 Å². The smallest absolute Gasteiger partial charge is 0.190 e. The van der Waals surface area contributed by atoms with Crippen molar-refractivity contribution in [3.63, 3.8) is 0 Å². The Morgan fingerprint density at radius 3 is 2.23 bits per heavy atom. The van der Waals surface area contributed by atoms with Crippen molar-refractivity contribution in [1.82, 2.24) is 5.16 Å². The molecule has 1 aromatic heterocycles. The Morgan fingerprint density at radius 2 is 1.67 bits per heavy atom. The monoisotopic (exact) mass is 400 g/mol. The maximum atomic E-state index is 5.67. The first-order valence-corrected chi connectivity index (χ1v) is 11.1. The standard InChI is InChI=1S/C27H32N2O/c1-5-7-8-19(3)28-25-20(4)29-30-26(25)23-11-9-21(10-12-23)22-13-15-24(16-14-22)27(6-2)17-18-27/h5,9-16,19,28H,1,6-8,17-18H2,2-4H3. The number of anilines is 1.